The summed E-state index contributed by atoms with van der Waals surface area (Å²) < 4.78 is 5.04. The van der Waals surface area contributed by atoms with Crippen molar-refractivity contribution in [3.05, 3.63) is 144 Å². The van der Waals surface area contributed by atoms with Crippen LogP contribution in [0.4, 0.5) is 0 Å². The molecule has 232 valence electrons. The molecule has 0 N–H and O–H groups in total. The zero-order chi connectivity index (χ0) is 29.0. The monoisotopic (exact) mass is 728 g/mol. The normalized spacial score (nSPS) is 13.6. The van der Waals surface area contributed by atoms with Crippen LogP contribution in [0.15, 0.2) is 121 Å². The molecule has 10 rings (SSSR count). The summed E-state index contributed by atoms with van der Waals surface area (Å²) in [5, 5.41) is 8.27. The first-order chi connectivity index (χ1) is 21.9. The third-order valence-electron chi connectivity index (χ3n) is 10.2. The van der Waals surface area contributed by atoms with Crippen LogP contribution >= 0.6 is 0 Å². The first-order valence-corrected chi connectivity index (χ1v) is 16.4. The molecule has 0 spiro atoms. The number of nitrogens with zero attached hydrogens (tertiary/aromatic N) is 2. The van der Waals surface area contributed by atoms with Crippen molar-refractivity contribution in [2.75, 3.05) is 0 Å². The molecule has 6 aromatic carbocycles. The summed E-state index contributed by atoms with van der Waals surface area (Å²) in [4.78, 5) is 0. The van der Waals surface area contributed by atoms with Gasteiger partial charge in [-0.3, -0.25) is 0 Å². The summed E-state index contributed by atoms with van der Waals surface area (Å²) in [7, 11) is 0. The van der Waals surface area contributed by atoms with Crippen molar-refractivity contribution in [3.8, 4) is 11.4 Å². The summed E-state index contributed by atoms with van der Waals surface area (Å²) in [6, 6.07) is 44.3. The fourth-order valence-corrected chi connectivity index (χ4v) is 8.22. The van der Waals surface area contributed by atoms with Crippen LogP contribution < -0.4 is 24.8 Å². The van der Waals surface area contributed by atoms with Crippen molar-refractivity contribution in [2.45, 2.75) is 51.4 Å². The maximum Gasteiger partial charge on any atom is 4.00 e. The fourth-order valence-electron chi connectivity index (χ4n) is 8.22. The van der Waals surface area contributed by atoms with Crippen molar-refractivity contribution in [3.63, 3.8) is 0 Å². The minimum absolute atomic E-state index is 0. The molecule has 2 nitrogen and oxygen atoms in total. The van der Waals surface area contributed by atoms with E-state index in [1.54, 1.807) is 11.1 Å². The van der Waals surface area contributed by atoms with E-state index < -0.39 is 0 Å². The van der Waals surface area contributed by atoms with Crippen LogP contribution in [-0.2, 0) is 51.9 Å². The molecule has 0 fully saturated rings. The number of hydrogen-bond donors (Lipinski definition) is 0. The van der Waals surface area contributed by atoms with Gasteiger partial charge in [-0.05, 0) is 74.6 Å². The average Bonchev–Trinajstić information content (AvgIpc) is 3.88. The molecule has 8 aromatic rings. The van der Waals surface area contributed by atoms with E-state index in [4.69, 9.17) is 0 Å². The van der Waals surface area contributed by atoms with Gasteiger partial charge in [-0.25, -0.2) is 0 Å². The van der Waals surface area contributed by atoms with Gasteiger partial charge < -0.3 is 33.9 Å². The van der Waals surface area contributed by atoms with Crippen LogP contribution in [0, 0.1) is 0 Å². The zero-order valence-corrected chi connectivity index (χ0v) is 30.3. The molecule has 2 heterocycles. The number of para-hydroxylation sites is 2. The average molecular weight is 731 g/mol. The van der Waals surface area contributed by atoms with Crippen molar-refractivity contribution in [1.29, 1.82) is 0 Å². The predicted molar refractivity (Wildman–Crippen MR) is 186 cm³/mol. The fraction of sp³-hybridized carbons (Fsp3) is 0.190. The van der Waals surface area contributed by atoms with Crippen molar-refractivity contribution in [2.24, 2.45) is 0 Å². The predicted octanol–water partition coefficient (Wildman–Crippen LogP) is 4.77. The van der Waals surface area contributed by atoms with Crippen LogP contribution in [0.25, 0.3) is 54.7 Å². The second-order valence-electron chi connectivity index (χ2n) is 12.6. The molecule has 5 heteroatoms. The van der Waals surface area contributed by atoms with E-state index in [-0.39, 0.29) is 51.0 Å². The largest absolute Gasteiger partial charge is 4.00 e. The number of rotatable bonds is 2. The van der Waals surface area contributed by atoms with E-state index in [1.807, 2.05) is 0 Å². The standard InChI is InChI=1S/2C21H18N.2ClH.Zr/c2*1-3-12-20-17(9-1)18-10-2-4-13-21(18)22(20)19-14-6-8-15-7-5-11-16(15)19;;;/h2*1,3,5-9,11-12,14H,2,4,10,13H2;2*1H;/q2*-1;;;+4/p-2. The Morgan fingerprint density at radius 3 is 1.32 bits per heavy atom. The first kappa shape index (κ1) is 33.5. The van der Waals surface area contributed by atoms with Gasteiger partial charge in [0.2, 0.25) is 0 Å². The summed E-state index contributed by atoms with van der Waals surface area (Å²) in [5.41, 5.74) is 11.6. The van der Waals surface area contributed by atoms with Crippen LogP contribution in [0.2, 0.25) is 0 Å². The maximum absolute atomic E-state index is 2.52. The van der Waals surface area contributed by atoms with E-state index in [1.165, 1.54) is 117 Å². The molecular formula is C42H36Cl2N2Zr. The van der Waals surface area contributed by atoms with Gasteiger partial charge in [0.1, 0.15) is 0 Å². The topological polar surface area (TPSA) is 9.86 Å². The zero-order valence-electron chi connectivity index (χ0n) is 26.4. The molecule has 0 saturated heterocycles. The number of halogens is 2. The minimum Gasteiger partial charge on any atom is -1.00 e. The summed E-state index contributed by atoms with van der Waals surface area (Å²) in [6.45, 7) is 0. The van der Waals surface area contributed by atoms with Crippen molar-refractivity contribution < 1.29 is 51.0 Å². The summed E-state index contributed by atoms with van der Waals surface area (Å²) in [5.74, 6) is 0. The van der Waals surface area contributed by atoms with Crippen molar-refractivity contribution in [1.82, 2.24) is 9.13 Å². The Bertz CT molecular complexity index is 2150. The van der Waals surface area contributed by atoms with Gasteiger partial charge in [-0.1, -0.05) is 48.5 Å². The molecule has 0 amide bonds. The van der Waals surface area contributed by atoms with Crippen LogP contribution in [0.5, 0.6) is 0 Å². The molecule has 0 saturated carbocycles. The summed E-state index contributed by atoms with van der Waals surface area (Å²) in [6.07, 6.45) is 10.1. The smallest absolute Gasteiger partial charge is 1.00 e. The van der Waals surface area contributed by atoms with Gasteiger partial charge in [0.05, 0.1) is 11.0 Å². The van der Waals surface area contributed by atoms with E-state index in [2.05, 4.69) is 130 Å². The molecule has 47 heavy (non-hydrogen) atoms. The molecular weight excluding hydrogens is 695 g/mol. The van der Waals surface area contributed by atoms with E-state index >= 15 is 0 Å². The number of benzene rings is 4. The van der Waals surface area contributed by atoms with Gasteiger partial charge >= 0.3 is 26.2 Å². The van der Waals surface area contributed by atoms with Gasteiger partial charge in [-0.2, -0.15) is 24.3 Å². The SMILES string of the molecule is [Cl-].[Cl-].[Zr+4].c1cc(-n2c3c(c4ccccc42)CCCC3)c2cc[cH-]c2c1.c1cc(-n2c3c(c4ccccc42)CCCC3)c2cc[cH-]c2c1. The van der Waals surface area contributed by atoms with E-state index in [0.717, 1.165) is 0 Å². The first-order valence-electron chi connectivity index (χ1n) is 16.4. The van der Waals surface area contributed by atoms with Gasteiger partial charge in [0.15, 0.2) is 0 Å². The van der Waals surface area contributed by atoms with Crippen LogP contribution in [0.1, 0.15) is 48.2 Å². The molecule has 0 atom stereocenters. The molecule has 0 aliphatic heterocycles. The number of aryl methyl sites for hydroxylation is 2. The van der Waals surface area contributed by atoms with Gasteiger partial charge in [-0.15, -0.1) is 57.9 Å². The van der Waals surface area contributed by atoms with E-state index in [0.29, 0.717) is 0 Å². The Kier molecular flexibility index (Phi) is 10.0. The number of hydrogen-bond acceptors (Lipinski definition) is 0. The Hall–Kier alpha value is -3.36. The Morgan fingerprint density at radius 2 is 0.851 bits per heavy atom. The third kappa shape index (κ3) is 5.55. The van der Waals surface area contributed by atoms with Crippen LogP contribution in [-0.4, -0.2) is 9.13 Å². The van der Waals surface area contributed by atoms with Gasteiger partial charge in [0.25, 0.3) is 0 Å². The number of fused-ring (bicyclic) bond motifs is 8. The quantitative estimate of drug-likeness (QED) is 0.227. The third-order valence-corrected chi connectivity index (χ3v) is 10.2. The Labute approximate surface area is 308 Å². The van der Waals surface area contributed by atoms with Gasteiger partial charge in [0, 0.05) is 33.5 Å². The Balaban J connectivity index is 0.000000155. The molecule has 2 aliphatic carbocycles. The van der Waals surface area contributed by atoms with E-state index in [9.17, 15) is 0 Å². The number of aromatic nitrogens is 2. The molecule has 0 bridgehead atoms. The maximum atomic E-state index is 2.52. The summed E-state index contributed by atoms with van der Waals surface area (Å²) >= 11 is 0. The second kappa shape index (κ2) is 14.0. The minimum atomic E-state index is 0. The molecule has 2 aliphatic rings. The molecule has 2 aromatic heterocycles. The van der Waals surface area contributed by atoms with Crippen LogP contribution in [0.3, 0.4) is 0 Å². The molecule has 0 radical (unpaired) electrons. The molecule has 0 unspecified atom stereocenters. The second-order valence-corrected chi connectivity index (χ2v) is 12.6. The van der Waals surface area contributed by atoms with Crippen molar-refractivity contribution >= 4 is 43.4 Å². The Morgan fingerprint density at radius 1 is 0.426 bits per heavy atom.